The molecule has 0 bridgehead atoms. The number of hydrogen-bond donors (Lipinski definition) is 1. The van der Waals surface area contributed by atoms with Gasteiger partial charge in [0, 0.05) is 19.1 Å². The highest BCUT2D eigenvalue weighted by Crippen LogP contribution is 2.26. The van der Waals surface area contributed by atoms with Crippen molar-refractivity contribution in [2.24, 2.45) is 0 Å². The Balaban J connectivity index is 1.82. The van der Waals surface area contributed by atoms with Crippen molar-refractivity contribution in [3.63, 3.8) is 0 Å². The van der Waals surface area contributed by atoms with Crippen LogP contribution in [-0.2, 0) is 4.74 Å². The van der Waals surface area contributed by atoms with Crippen LogP contribution in [0.2, 0.25) is 0 Å². The molecule has 0 aliphatic carbocycles. The summed E-state index contributed by atoms with van der Waals surface area (Å²) in [5.41, 5.74) is 1.01. The minimum Gasteiger partial charge on any atom is -0.387 e. The summed E-state index contributed by atoms with van der Waals surface area (Å²) in [5.74, 6) is 0. The Morgan fingerprint density at radius 1 is 1.19 bits per heavy atom. The van der Waals surface area contributed by atoms with Gasteiger partial charge in [-0.2, -0.15) is 0 Å². The maximum absolute atomic E-state index is 10.7. The topological polar surface area (TPSA) is 32.7 Å². The number of fused-ring (bicyclic) bond motifs is 1. The van der Waals surface area contributed by atoms with Crippen LogP contribution < -0.4 is 0 Å². The molecule has 1 aliphatic rings. The number of ether oxygens (including phenoxy) is 1. The molecule has 21 heavy (non-hydrogen) atoms. The zero-order valence-corrected chi connectivity index (χ0v) is 12.7. The predicted octanol–water partition coefficient (Wildman–Crippen LogP) is 2.98. The van der Waals surface area contributed by atoms with E-state index in [0.717, 1.165) is 24.1 Å². The van der Waals surface area contributed by atoms with Crippen molar-refractivity contribution < 1.29 is 9.84 Å². The zero-order chi connectivity index (χ0) is 14.8. The Labute approximate surface area is 126 Å². The predicted molar refractivity (Wildman–Crippen MR) is 85.4 cm³/mol. The minimum atomic E-state index is -0.469. The van der Waals surface area contributed by atoms with Gasteiger partial charge in [0.2, 0.25) is 0 Å². The second-order valence-electron chi connectivity index (χ2n) is 6.03. The van der Waals surface area contributed by atoms with Crippen LogP contribution >= 0.6 is 0 Å². The molecule has 3 nitrogen and oxygen atoms in total. The van der Waals surface area contributed by atoms with E-state index in [9.17, 15) is 5.11 Å². The summed E-state index contributed by atoms with van der Waals surface area (Å²) in [4.78, 5) is 2.32. The van der Waals surface area contributed by atoms with E-state index in [1.807, 2.05) is 24.3 Å². The van der Waals surface area contributed by atoms with Crippen LogP contribution in [0, 0.1) is 0 Å². The molecule has 2 aromatic rings. The fourth-order valence-electron chi connectivity index (χ4n) is 3.09. The molecule has 1 fully saturated rings. The van der Waals surface area contributed by atoms with E-state index in [0.29, 0.717) is 12.6 Å². The van der Waals surface area contributed by atoms with Gasteiger partial charge in [-0.25, -0.2) is 0 Å². The first kappa shape index (κ1) is 14.5. The zero-order valence-electron chi connectivity index (χ0n) is 12.7. The highest BCUT2D eigenvalue weighted by atomic mass is 16.5. The van der Waals surface area contributed by atoms with Crippen molar-refractivity contribution in [3.05, 3.63) is 48.0 Å². The maximum Gasteiger partial charge on any atom is 0.0923 e. The fourth-order valence-corrected chi connectivity index (χ4v) is 3.09. The van der Waals surface area contributed by atoms with Crippen LogP contribution in [0.25, 0.3) is 10.8 Å². The summed E-state index contributed by atoms with van der Waals surface area (Å²) >= 11 is 0. The summed E-state index contributed by atoms with van der Waals surface area (Å²) in [5, 5.41) is 13.0. The van der Waals surface area contributed by atoms with Crippen LogP contribution in [0.15, 0.2) is 42.5 Å². The molecule has 3 atom stereocenters. The second-order valence-corrected chi connectivity index (χ2v) is 6.03. The summed E-state index contributed by atoms with van der Waals surface area (Å²) in [6.07, 6.45) is -0.232. The number of β-amino-alcohol motifs (C(OH)–C–C–N with tert-alkyl or cyclic N) is 1. The first-order valence-corrected chi connectivity index (χ1v) is 7.66. The Bertz CT molecular complexity index is 608. The highest BCUT2D eigenvalue weighted by Gasteiger charge is 2.26. The van der Waals surface area contributed by atoms with Gasteiger partial charge in [0.1, 0.15) is 0 Å². The number of benzene rings is 2. The van der Waals surface area contributed by atoms with Crippen LogP contribution in [-0.4, -0.2) is 41.8 Å². The van der Waals surface area contributed by atoms with E-state index in [4.69, 9.17) is 4.74 Å². The summed E-state index contributed by atoms with van der Waals surface area (Å²) in [6, 6.07) is 14.7. The minimum absolute atomic E-state index is 0.237. The molecule has 1 aliphatic heterocycles. The average molecular weight is 285 g/mol. The average Bonchev–Trinajstić information content (AvgIpc) is 2.50. The van der Waals surface area contributed by atoms with Crippen molar-refractivity contribution in [3.8, 4) is 0 Å². The van der Waals surface area contributed by atoms with E-state index in [1.54, 1.807) is 0 Å². The van der Waals surface area contributed by atoms with Gasteiger partial charge in [-0.3, -0.25) is 4.90 Å². The monoisotopic (exact) mass is 285 g/mol. The normalized spacial score (nSPS) is 25.1. The molecule has 0 saturated carbocycles. The van der Waals surface area contributed by atoms with E-state index >= 15 is 0 Å². The van der Waals surface area contributed by atoms with Gasteiger partial charge < -0.3 is 9.84 Å². The lowest BCUT2D eigenvalue weighted by atomic mass is 9.99. The van der Waals surface area contributed by atoms with Crippen LogP contribution in [0.4, 0.5) is 0 Å². The van der Waals surface area contributed by atoms with Crippen LogP contribution in [0.5, 0.6) is 0 Å². The van der Waals surface area contributed by atoms with Gasteiger partial charge in [-0.15, -0.1) is 0 Å². The molecule has 2 aromatic carbocycles. The van der Waals surface area contributed by atoms with Gasteiger partial charge in [0.15, 0.2) is 0 Å². The molecular weight excluding hydrogens is 262 g/mol. The lowest BCUT2D eigenvalue weighted by Gasteiger charge is -2.38. The third kappa shape index (κ3) is 3.10. The van der Waals surface area contributed by atoms with Gasteiger partial charge >= 0.3 is 0 Å². The lowest BCUT2D eigenvalue weighted by molar-refractivity contribution is -0.0618. The van der Waals surface area contributed by atoms with E-state index in [2.05, 4.69) is 36.9 Å². The number of aliphatic hydroxyl groups is 1. The molecule has 112 valence electrons. The second kappa shape index (κ2) is 6.14. The van der Waals surface area contributed by atoms with Crippen LogP contribution in [0.1, 0.15) is 25.5 Å². The highest BCUT2D eigenvalue weighted by molar-refractivity contribution is 5.85. The number of aliphatic hydroxyl groups excluding tert-OH is 1. The molecule has 0 amide bonds. The summed E-state index contributed by atoms with van der Waals surface area (Å²) in [7, 11) is 0. The van der Waals surface area contributed by atoms with Crippen LogP contribution in [0.3, 0.4) is 0 Å². The third-order valence-corrected chi connectivity index (χ3v) is 4.33. The summed E-state index contributed by atoms with van der Waals surface area (Å²) in [6.45, 7) is 6.51. The lowest BCUT2D eigenvalue weighted by Crippen LogP contribution is -2.48. The molecule has 1 saturated heterocycles. The molecule has 1 N–H and O–H groups in total. The number of rotatable bonds is 3. The van der Waals surface area contributed by atoms with Crippen molar-refractivity contribution in [1.29, 1.82) is 0 Å². The first-order chi connectivity index (χ1) is 10.1. The fraction of sp³-hybridized carbons (Fsp3) is 0.444. The quantitative estimate of drug-likeness (QED) is 0.941. The van der Waals surface area contributed by atoms with Crippen molar-refractivity contribution in [2.75, 3.05) is 19.7 Å². The van der Waals surface area contributed by atoms with Gasteiger partial charge in [0.25, 0.3) is 0 Å². The first-order valence-electron chi connectivity index (χ1n) is 7.66. The molecule has 3 heteroatoms. The van der Waals surface area contributed by atoms with Crippen molar-refractivity contribution in [2.45, 2.75) is 32.1 Å². The standard InChI is InChI=1S/C18H23NO2/c1-13-12-21-14(2)10-19(13)11-18(20)17-9-5-7-15-6-3-4-8-16(15)17/h3-9,13-14,18,20H,10-12H2,1-2H3. The Morgan fingerprint density at radius 2 is 1.95 bits per heavy atom. The molecule has 3 unspecified atom stereocenters. The van der Waals surface area contributed by atoms with E-state index in [1.165, 1.54) is 5.39 Å². The summed E-state index contributed by atoms with van der Waals surface area (Å²) < 4.78 is 5.65. The van der Waals surface area contributed by atoms with Crippen molar-refractivity contribution >= 4 is 10.8 Å². The van der Waals surface area contributed by atoms with Gasteiger partial charge in [0.05, 0.1) is 18.8 Å². The maximum atomic E-state index is 10.7. The molecule has 3 rings (SSSR count). The molecule has 1 heterocycles. The van der Waals surface area contributed by atoms with Gasteiger partial charge in [-0.05, 0) is 30.2 Å². The molecule has 0 radical (unpaired) electrons. The smallest absolute Gasteiger partial charge is 0.0923 e. The number of hydrogen-bond acceptors (Lipinski definition) is 3. The van der Waals surface area contributed by atoms with E-state index < -0.39 is 6.10 Å². The Morgan fingerprint density at radius 3 is 2.81 bits per heavy atom. The SMILES string of the molecule is CC1CN(CC(O)c2cccc3ccccc23)C(C)CO1. The molecule has 0 aromatic heterocycles. The number of nitrogens with zero attached hydrogens (tertiary/aromatic N) is 1. The Hall–Kier alpha value is -1.42. The Kier molecular flexibility index (Phi) is 4.24. The number of morpholine rings is 1. The van der Waals surface area contributed by atoms with Gasteiger partial charge in [-0.1, -0.05) is 42.5 Å². The molecule has 0 spiro atoms. The largest absolute Gasteiger partial charge is 0.387 e. The third-order valence-electron chi connectivity index (χ3n) is 4.33. The van der Waals surface area contributed by atoms with E-state index in [-0.39, 0.29) is 6.10 Å². The van der Waals surface area contributed by atoms with Crippen molar-refractivity contribution in [1.82, 2.24) is 4.90 Å². The molecular formula is C18H23NO2.